The summed E-state index contributed by atoms with van der Waals surface area (Å²) >= 11 is 0. The van der Waals surface area contributed by atoms with Crippen LogP contribution in [0.4, 0.5) is 5.69 Å². The zero-order chi connectivity index (χ0) is 20.8. The van der Waals surface area contributed by atoms with Crippen molar-refractivity contribution >= 4 is 16.8 Å². The Morgan fingerprint density at radius 1 is 1.21 bits per heavy atom. The summed E-state index contributed by atoms with van der Waals surface area (Å²) in [5.41, 5.74) is 4.90. The van der Waals surface area contributed by atoms with E-state index in [0.717, 1.165) is 41.9 Å². The van der Waals surface area contributed by atoms with E-state index in [-0.39, 0.29) is 5.41 Å². The van der Waals surface area contributed by atoms with Crippen molar-refractivity contribution in [2.45, 2.75) is 38.6 Å². The van der Waals surface area contributed by atoms with E-state index in [0.29, 0.717) is 23.0 Å². The monoisotopic (exact) mass is 388 g/mol. The first-order chi connectivity index (χ1) is 13.8. The van der Waals surface area contributed by atoms with Crippen LogP contribution in [0, 0.1) is 11.3 Å². The molecule has 4 rings (SSSR count). The first kappa shape index (κ1) is 19.5. The lowest BCUT2D eigenvalue weighted by Crippen LogP contribution is -2.31. The van der Waals surface area contributed by atoms with Crippen LogP contribution in [0.15, 0.2) is 40.8 Å². The van der Waals surface area contributed by atoms with Gasteiger partial charge in [-0.1, -0.05) is 51.1 Å². The summed E-state index contributed by atoms with van der Waals surface area (Å²) in [5.74, 6) is 0.666. The standard InChI is InChI=1S/C24H28N4O/c1-24(2,3)23-26-20-17(14-25)13-19(16-9-7-6-8-10-16)21(22(20)29-23)28-12-11-18(15-28)27(4)5/h6-10,13,18H,11-12,15H2,1-5H3. The smallest absolute Gasteiger partial charge is 0.201 e. The highest BCUT2D eigenvalue weighted by Crippen LogP contribution is 2.42. The van der Waals surface area contributed by atoms with Crippen molar-refractivity contribution in [1.29, 1.82) is 5.26 Å². The number of oxazole rings is 1. The van der Waals surface area contributed by atoms with Gasteiger partial charge in [0.05, 0.1) is 11.3 Å². The average molecular weight is 389 g/mol. The predicted octanol–water partition coefficient (Wildman–Crippen LogP) is 4.80. The Morgan fingerprint density at radius 2 is 1.93 bits per heavy atom. The van der Waals surface area contributed by atoms with E-state index in [1.54, 1.807) is 0 Å². The molecular weight excluding hydrogens is 360 g/mol. The van der Waals surface area contributed by atoms with Gasteiger partial charge in [0.15, 0.2) is 5.58 Å². The van der Waals surface area contributed by atoms with Gasteiger partial charge < -0.3 is 14.2 Å². The molecule has 0 amide bonds. The summed E-state index contributed by atoms with van der Waals surface area (Å²) in [6, 6.07) is 15.1. The number of hydrogen-bond acceptors (Lipinski definition) is 5. The Balaban J connectivity index is 1.99. The molecule has 1 atom stereocenters. The van der Waals surface area contributed by atoms with Crippen LogP contribution in [0.25, 0.3) is 22.2 Å². The molecule has 1 aliphatic heterocycles. The molecule has 1 aromatic heterocycles. The van der Waals surface area contributed by atoms with Gasteiger partial charge >= 0.3 is 0 Å². The summed E-state index contributed by atoms with van der Waals surface area (Å²) in [4.78, 5) is 9.43. The second-order valence-electron chi connectivity index (χ2n) is 9.10. The number of hydrogen-bond donors (Lipinski definition) is 0. The SMILES string of the molecule is CN(C)C1CCN(c2c(-c3ccccc3)cc(C#N)c3nc(C(C)(C)C)oc23)C1. The van der Waals surface area contributed by atoms with Crippen molar-refractivity contribution < 1.29 is 4.42 Å². The number of likely N-dealkylation sites (N-methyl/N-ethyl adjacent to an activating group) is 1. The molecular formula is C24H28N4O. The molecule has 1 aliphatic rings. The van der Waals surface area contributed by atoms with Gasteiger partial charge in [0, 0.05) is 30.1 Å². The molecule has 1 saturated heterocycles. The summed E-state index contributed by atoms with van der Waals surface area (Å²) in [5, 5.41) is 9.84. The van der Waals surface area contributed by atoms with Gasteiger partial charge in [-0.25, -0.2) is 4.98 Å². The van der Waals surface area contributed by atoms with E-state index in [1.165, 1.54) is 0 Å². The number of rotatable bonds is 3. The van der Waals surface area contributed by atoms with Crippen molar-refractivity contribution in [2.24, 2.45) is 0 Å². The molecule has 2 aromatic carbocycles. The molecule has 0 N–H and O–H groups in total. The van der Waals surface area contributed by atoms with Crippen LogP contribution < -0.4 is 4.90 Å². The minimum atomic E-state index is -0.229. The van der Waals surface area contributed by atoms with Crippen molar-refractivity contribution in [2.75, 3.05) is 32.1 Å². The van der Waals surface area contributed by atoms with Gasteiger partial charge in [-0.3, -0.25) is 0 Å². The van der Waals surface area contributed by atoms with E-state index in [1.807, 2.05) is 24.3 Å². The zero-order valence-corrected chi connectivity index (χ0v) is 17.9. The third kappa shape index (κ3) is 3.49. The first-order valence-electron chi connectivity index (χ1n) is 10.1. The molecule has 0 radical (unpaired) electrons. The quantitative estimate of drug-likeness (QED) is 0.645. The fourth-order valence-electron chi connectivity index (χ4n) is 3.99. The maximum absolute atomic E-state index is 9.84. The van der Waals surface area contributed by atoms with E-state index in [9.17, 15) is 5.26 Å². The number of aromatic nitrogens is 1. The molecule has 2 heterocycles. The highest BCUT2D eigenvalue weighted by Gasteiger charge is 2.31. The van der Waals surface area contributed by atoms with Crippen LogP contribution in [0.2, 0.25) is 0 Å². The number of nitrogens with zero attached hydrogens (tertiary/aromatic N) is 4. The second-order valence-corrected chi connectivity index (χ2v) is 9.10. The predicted molar refractivity (Wildman–Crippen MR) is 117 cm³/mol. The van der Waals surface area contributed by atoms with Crippen molar-refractivity contribution in [1.82, 2.24) is 9.88 Å². The number of nitriles is 1. The van der Waals surface area contributed by atoms with Gasteiger partial charge in [0.1, 0.15) is 11.6 Å². The second kappa shape index (κ2) is 7.20. The normalized spacial score (nSPS) is 17.3. The van der Waals surface area contributed by atoms with Crippen molar-refractivity contribution in [3.8, 4) is 17.2 Å². The van der Waals surface area contributed by atoms with Gasteiger partial charge in [-0.15, -0.1) is 0 Å². The number of anilines is 1. The minimum absolute atomic E-state index is 0.229. The van der Waals surface area contributed by atoms with E-state index in [4.69, 9.17) is 9.40 Å². The molecule has 1 fully saturated rings. The van der Waals surface area contributed by atoms with E-state index >= 15 is 0 Å². The maximum atomic E-state index is 9.84. The molecule has 0 spiro atoms. The van der Waals surface area contributed by atoms with Crippen LogP contribution in [-0.4, -0.2) is 43.1 Å². The molecule has 0 bridgehead atoms. The Bertz CT molecular complexity index is 1070. The number of fused-ring (bicyclic) bond motifs is 1. The topological polar surface area (TPSA) is 56.3 Å². The van der Waals surface area contributed by atoms with Crippen LogP contribution in [0.1, 0.15) is 38.6 Å². The summed E-state index contributed by atoms with van der Waals surface area (Å²) in [6.07, 6.45) is 1.10. The van der Waals surface area contributed by atoms with Crippen LogP contribution >= 0.6 is 0 Å². The van der Waals surface area contributed by atoms with Crippen LogP contribution in [0.3, 0.4) is 0 Å². The molecule has 0 aliphatic carbocycles. The Labute approximate surface area is 172 Å². The Hall–Kier alpha value is -2.84. The van der Waals surface area contributed by atoms with Crippen LogP contribution in [-0.2, 0) is 5.41 Å². The van der Waals surface area contributed by atoms with Crippen LogP contribution in [0.5, 0.6) is 0 Å². The lowest BCUT2D eigenvalue weighted by atomic mass is 9.97. The fourth-order valence-corrected chi connectivity index (χ4v) is 3.99. The highest BCUT2D eigenvalue weighted by molar-refractivity contribution is 6.00. The van der Waals surface area contributed by atoms with E-state index in [2.05, 4.69) is 62.9 Å². The summed E-state index contributed by atoms with van der Waals surface area (Å²) < 4.78 is 6.36. The maximum Gasteiger partial charge on any atom is 0.201 e. The number of benzene rings is 2. The molecule has 1 unspecified atom stereocenters. The van der Waals surface area contributed by atoms with Gasteiger partial charge in [0.25, 0.3) is 0 Å². The summed E-state index contributed by atoms with van der Waals surface area (Å²) in [6.45, 7) is 8.13. The van der Waals surface area contributed by atoms with Crippen molar-refractivity contribution in [3.63, 3.8) is 0 Å². The van der Waals surface area contributed by atoms with Gasteiger partial charge in [0.2, 0.25) is 5.89 Å². The summed E-state index contributed by atoms with van der Waals surface area (Å²) in [7, 11) is 4.26. The lowest BCUT2D eigenvalue weighted by molar-refractivity contribution is 0.315. The molecule has 5 nitrogen and oxygen atoms in total. The molecule has 3 aromatic rings. The largest absolute Gasteiger partial charge is 0.438 e. The first-order valence-corrected chi connectivity index (χ1v) is 10.1. The molecule has 0 saturated carbocycles. The fraction of sp³-hybridized carbons (Fsp3) is 0.417. The lowest BCUT2D eigenvalue weighted by Gasteiger charge is -2.24. The zero-order valence-electron chi connectivity index (χ0n) is 17.9. The van der Waals surface area contributed by atoms with Gasteiger partial charge in [-0.2, -0.15) is 5.26 Å². The molecule has 5 heteroatoms. The van der Waals surface area contributed by atoms with Crippen molar-refractivity contribution in [3.05, 3.63) is 47.9 Å². The minimum Gasteiger partial charge on any atom is -0.438 e. The molecule has 29 heavy (non-hydrogen) atoms. The highest BCUT2D eigenvalue weighted by atomic mass is 16.4. The third-order valence-electron chi connectivity index (χ3n) is 5.70. The Kier molecular flexibility index (Phi) is 4.84. The van der Waals surface area contributed by atoms with Gasteiger partial charge in [-0.05, 0) is 32.1 Å². The Morgan fingerprint density at radius 3 is 2.52 bits per heavy atom. The van der Waals surface area contributed by atoms with E-state index < -0.39 is 0 Å². The molecule has 150 valence electrons. The average Bonchev–Trinajstić information content (AvgIpc) is 3.35. The third-order valence-corrected chi connectivity index (χ3v) is 5.70.